The zero-order valence-corrected chi connectivity index (χ0v) is 29.6. The Bertz CT molecular complexity index is 999. The van der Waals surface area contributed by atoms with E-state index < -0.39 is 0 Å². The van der Waals surface area contributed by atoms with Gasteiger partial charge in [-0.15, -0.1) is 0 Å². The molecular formula is C38H67N3O5. The number of nitrogens with zero attached hydrogens (tertiary/aromatic N) is 2. The lowest BCUT2D eigenvalue weighted by molar-refractivity contribution is -0.150. The van der Waals surface area contributed by atoms with Crippen LogP contribution in [0.3, 0.4) is 0 Å². The summed E-state index contributed by atoms with van der Waals surface area (Å²) < 4.78 is 5.85. The molecule has 1 N–H and O–H groups in total. The van der Waals surface area contributed by atoms with E-state index in [0.717, 1.165) is 142 Å². The van der Waals surface area contributed by atoms with Gasteiger partial charge in [0.05, 0.1) is 0 Å². The van der Waals surface area contributed by atoms with Crippen molar-refractivity contribution < 1.29 is 14.3 Å². The van der Waals surface area contributed by atoms with Crippen molar-refractivity contribution in [3.63, 3.8) is 0 Å². The Labute approximate surface area is 280 Å². The molecule has 1 aliphatic heterocycles. The minimum absolute atomic E-state index is 0.0182. The van der Waals surface area contributed by atoms with Crippen LogP contribution >= 0.6 is 0 Å². The lowest BCUT2D eigenvalue weighted by atomic mass is 10.1. The van der Waals surface area contributed by atoms with E-state index in [9.17, 15) is 19.2 Å². The number of anilines is 2. The summed E-state index contributed by atoms with van der Waals surface area (Å²) in [5.74, 6) is -0.0182. The van der Waals surface area contributed by atoms with Crippen molar-refractivity contribution in [1.82, 2.24) is 4.90 Å². The van der Waals surface area contributed by atoms with Gasteiger partial charge in [0, 0.05) is 32.5 Å². The SMILES string of the molecule is CCCCCC(CCCC)OC(=O)CCCCCCCN(CCCCCCCC=O)CCCNc1c(N2CCCCC2)c(=O)c1=O. The van der Waals surface area contributed by atoms with Crippen molar-refractivity contribution in [2.45, 2.75) is 168 Å². The quantitative estimate of drug-likeness (QED) is 0.0390. The normalized spacial score (nSPS) is 14.2. The third-order valence-electron chi connectivity index (χ3n) is 9.47. The van der Waals surface area contributed by atoms with Gasteiger partial charge < -0.3 is 24.6 Å². The second kappa shape index (κ2) is 25.8. The van der Waals surface area contributed by atoms with Crippen molar-refractivity contribution in [3.8, 4) is 0 Å². The predicted octanol–water partition coefficient (Wildman–Crippen LogP) is 7.94. The molecule has 8 heteroatoms. The number of hydrogen-bond donors (Lipinski definition) is 1. The summed E-state index contributed by atoms with van der Waals surface area (Å²) in [5.41, 5.74) is 0.469. The Morgan fingerprint density at radius 2 is 1.37 bits per heavy atom. The van der Waals surface area contributed by atoms with Gasteiger partial charge in [-0.05, 0) is 90.3 Å². The highest BCUT2D eigenvalue weighted by Crippen LogP contribution is 2.24. The number of esters is 1. The van der Waals surface area contributed by atoms with E-state index in [-0.39, 0.29) is 22.9 Å². The Kier molecular flexibility index (Phi) is 22.4. The average Bonchev–Trinajstić information content (AvgIpc) is 3.07. The van der Waals surface area contributed by atoms with E-state index in [1.807, 2.05) is 0 Å². The first-order valence-electron chi connectivity index (χ1n) is 19.2. The molecule has 8 nitrogen and oxygen atoms in total. The number of ether oxygens (including phenoxy) is 1. The molecule has 1 aromatic carbocycles. The molecule has 0 bridgehead atoms. The monoisotopic (exact) mass is 646 g/mol. The summed E-state index contributed by atoms with van der Waals surface area (Å²) in [6, 6.07) is 0. The minimum Gasteiger partial charge on any atom is -0.462 e. The van der Waals surface area contributed by atoms with Gasteiger partial charge in [-0.25, -0.2) is 0 Å². The molecular weight excluding hydrogens is 578 g/mol. The van der Waals surface area contributed by atoms with Crippen molar-refractivity contribution in [3.05, 3.63) is 20.4 Å². The number of carbonyl (C=O) groups is 2. The van der Waals surface area contributed by atoms with Gasteiger partial charge in [0.15, 0.2) is 0 Å². The first-order valence-corrected chi connectivity index (χ1v) is 19.2. The first-order chi connectivity index (χ1) is 22.5. The third-order valence-corrected chi connectivity index (χ3v) is 9.47. The fourth-order valence-corrected chi connectivity index (χ4v) is 6.60. The highest BCUT2D eigenvalue weighted by atomic mass is 16.5. The molecule has 1 atom stereocenters. The van der Waals surface area contributed by atoms with E-state index in [2.05, 4.69) is 29.0 Å². The highest BCUT2D eigenvalue weighted by Gasteiger charge is 2.26. The van der Waals surface area contributed by atoms with Crippen molar-refractivity contribution >= 4 is 23.6 Å². The van der Waals surface area contributed by atoms with E-state index in [1.165, 1.54) is 32.1 Å². The fraction of sp³-hybridized carbons (Fsp3) is 0.842. The summed E-state index contributed by atoms with van der Waals surface area (Å²) in [6.45, 7) is 9.92. The van der Waals surface area contributed by atoms with E-state index in [0.29, 0.717) is 30.8 Å². The molecule has 1 saturated heterocycles. The summed E-state index contributed by atoms with van der Waals surface area (Å²) >= 11 is 0. The van der Waals surface area contributed by atoms with Gasteiger partial charge in [-0.3, -0.25) is 14.4 Å². The molecule has 0 aliphatic carbocycles. The summed E-state index contributed by atoms with van der Waals surface area (Å²) in [7, 11) is 0. The number of piperidine rings is 1. The Morgan fingerprint density at radius 1 is 0.761 bits per heavy atom. The molecule has 46 heavy (non-hydrogen) atoms. The maximum absolute atomic E-state index is 12.5. The highest BCUT2D eigenvalue weighted by molar-refractivity contribution is 5.75. The van der Waals surface area contributed by atoms with Crippen LogP contribution in [0.5, 0.6) is 0 Å². The largest absolute Gasteiger partial charge is 0.462 e. The molecule has 2 rings (SSSR count). The Morgan fingerprint density at radius 3 is 2.04 bits per heavy atom. The van der Waals surface area contributed by atoms with E-state index >= 15 is 0 Å². The van der Waals surface area contributed by atoms with Crippen LogP contribution in [-0.4, -0.2) is 62.5 Å². The van der Waals surface area contributed by atoms with Gasteiger partial charge >= 0.3 is 5.97 Å². The van der Waals surface area contributed by atoms with Gasteiger partial charge in [0.25, 0.3) is 10.9 Å². The molecule has 0 spiro atoms. The number of aldehydes is 1. The fourth-order valence-electron chi connectivity index (χ4n) is 6.60. The minimum atomic E-state index is -0.358. The number of unbranched alkanes of at least 4 members (excludes halogenated alkanes) is 12. The van der Waals surface area contributed by atoms with Gasteiger partial charge in [0.2, 0.25) is 0 Å². The van der Waals surface area contributed by atoms with E-state index in [4.69, 9.17) is 4.74 Å². The number of carbonyl (C=O) groups excluding carboxylic acids is 2. The molecule has 1 fully saturated rings. The molecule has 1 aliphatic rings. The van der Waals surface area contributed by atoms with Gasteiger partial charge in [-0.1, -0.05) is 78.1 Å². The van der Waals surface area contributed by atoms with Crippen LogP contribution in [0.1, 0.15) is 162 Å². The third kappa shape index (κ3) is 16.6. The van der Waals surface area contributed by atoms with E-state index in [1.54, 1.807) is 0 Å². The maximum atomic E-state index is 12.5. The first kappa shape index (κ1) is 40.0. The average molecular weight is 646 g/mol. The van der Waals surface area contributed by atoms with Crippen LogP contribution in [-0.2, 0) is 14.3 Å². The number of nitrogens with one attached hydrogen (secondary N) is 1. The molecule has 0 amide bonds. The Hall–Kier alpha value is -2.22. The van der Waals surface area contributed by atoms with Gasteiger partial charge in [0.1, 0.15) is 23.8 Å². The molecule has 1 unspecified atom stereocenters. The summed E-state index contributed by atoms with van der Waals surface area (Å²) in [5, 5.41) is 3.31. The second-order valence-corrected chi connectivity index (χ2v) is 13.5. The van der Waals surface area contributed by atoms with Crippen molar-refractivity contribution in [2.24, 2.45) is 0 Å². The molecule has 1 heterocycles. The van der Waals surface area contributed by atoms with Crippen LogP contribution < -0.4 is 21.1 Å². The summed E-state index contributed by atoms with van der Waals surface area (Å²) in [4.78, 5) is 52.2. The number of hydrogen-bond acceptors (Lipinski definition) is 8. The molecule has 1 aromatic rings. The molecule has 264 valence electrons. The van der Waals surface area contributed by atoms with Crippen LogP contribution in [0.15, 0.2) is 9.59 Å². The van der Waals surface area contributed by atoms with Crippen molar-refractivity contribution in [1.29, 1.82) is 0 Å². The smallest absolute Gasteiger partial charge is 0.306 e. The second-order valence-electron chi connectivity index (χ2n) is 13.5. The topological polar surface area (TPSA) is 96.0 Å². The molecule has 0 radical (unpaired) electrons. The van der Waals surface area contributed by atoms with Gasteiger partial charge in [-0.2, -0.15) is 0 Å². The Balaban J connectivity index is 1.68. The van der Waals surface area contributed by atoms with Crippen LogP contribution in [0, 0.1) is 0 Å². The lowest BCUT2D eigenvalue weighted by Crippen LogP contribution is -2.44. The zero-order valence-electron chi connectivity index (χ0n) is 29.6. The number of rotatable bonds is 30. The standard InChI is InChI=1S/C38H67N3O5/c1-3-5-15-24-33(23-6-4-2)46-34(43)25-16-10-9-12-18-28-40(27-17-11-7-8-13-21-32-42)29-22-26-39-35-36(38(45)37(35)44)41-30-19-14-20-31-41/h32-33,39H,3-31H2,1-2H3. The van der Waals surface area contributed by atoms with Crippen LogP contribution in [0.25, 0.3) is 0 Å². The molecule has 0 saturated carbocycles. The zero-order chi connectivity index (χ0) is 33.2. The van der Waals surface area contributed by atoms with Crippen LogP contribution in [0.2, 0.25) is 0 Å². The van der Waals surface area contributed by atoms with Crippen LogP contribution in [0.4, 0.5) is 11.4 Å². The lowest BCUT2D eigenvalue weighted by Gasteiger charge is -2.31. The van der Waals surface area contributed by atoms with Crippen molar-refractivity contribution in [2.75, 3.05) is 49.5 Å². The molecule has 0 aromatic heterocycles. The maximum Gasteiger partial charge on any atom is 0.306 e. The predicted molar refractivity (Wildman–Crippen MR) is 192 cm³/mol. The summed E-state index contributed by atoms with van der Waals surface area (Å²) in [6.07, 6.45) is 25.4.